The second kappa shape index (κ2) is 7.02. The number of anilines is 1. The van der Waals surface area contributed by atoms with E-state index in [9.17, 15) is 9.59 Å². The first-order chi connectivity index (χ1) is 9.69. The van der Waals surface area contributed by atoms with E-state index in [1.165, 1.54) is 0 Å². The Kier molecular flexibility index (Phi) is 5.09. The molecule has 108 valence electrons. The van der Waals surface area contributed by atoms with Gasteiger partial charge >= 0.3 is 0 Å². The predicted molar refractivity (Wildman–Crippen MR) is 73.2 cm³/mol. The smallest absolute Gasteiger partial charge is 0.249 e. The third-order valence-corrected chi connectivity index (χ3v) is 2.94. The Morgan fingerprint density at radius 1 is 1.35 bits per heavy atom. The lowest BCUT2D eigenvalue weighted by Crippen LogP contribution is -2.30. The average Bonchev–Trinajstić information content (AvgIpc) is 2.74. The van der Waals surface area contributed by atoms with Gasteiger partial charge in [0.2, 0.25) is 11.8 Å². The van der Waals surface area contributed by atoms with Crippen LogP contribution >= 0.6 is 0 Å². The van der Waals surface area contributed by atoms with Gasteiger partial charge in [0, 0.05) is 12.8 Å². The monoisotopic (exact) mass is 278 g/mol. The number of carbonyl (C=O) groups is 2. The minimum absolute atomic E-state index is 0.174. The maximum absolute atomic E-state index is 11.5. The van der Waals surface area contributed by atoms with Crippen LogP contribution < -0.4 is 10.6 Å². The molecule has 1 heterocycles. The van der Waals surface area contributed by atoms with Gasteiger partial charge in [-0.15, -0.1) is 0 Å². The van der Waals surface area contributed by atoms with Crippen molar-refractivity contribution in [2.75, 3.05) is 25.6 Å². The van der Waals surface area contributed by atoms with Gasteiger partial charge in [0.1, 0.15) is 6.04 Å². The van der Waals surface area contributed by atoms with Crippen molar-refractivity contribution in [3.05, 3.63) is 29.8 Å². The second-order valence-electron chi connectivity index (χ2n) is 4.56. The van der Waals surface area contributed by atoms with Gasteiger partial charge in [-0.1, -0.05) is 12.1 Å². The van der Waals surface area contributed by atoms with Gasteiger partial charge in [-0.2, -0.15) is 0 Å². The molecule has 2 rings (SSSR count). The molecule has 0 aromatic heterocycles. The van der Waals surface area contributed by atoms with Crippen molar-refractivity contribution in [3.8, 4) is 0 Å². The van der Waals surface area contributed by atoms with Crippen LogP contribution in [0.15, 0.2) is 24.3 Å². The normalized spacial score (nSPS) is 18.1. The number of benzene rings is 1. The number of rotatable bonds is 7. The van der Waals surface area contributed by atoms with E-state index in [0.717, 1.165) is 11.3 Å². The molecular formula is C14H18N2O4. The van der Waals surface area contributed by atoms with Crippen molar-refractivity contribution in [2.24, 2.45) is 0 Å². The molecule has 0 spiro atoms. The molecule has 6 heteroatoms. The molecule has 2 N–H and O–H groups in total. The van der Waals surface area contributed by atoms with Gasteiger partial charge in [-0.3, -0.25) is 14.9 Å². The molecule has 2 amide bonds. The molecule has 1 unspecified atom stereocenters. The Bertz CT molecular complexity index is 490. The van der Waals surface area contributed by atoms with Crippen molar-refractivity contribution in [3.63, 3.8) is 0 Å². The highest BCUT2D eigenvalue weighted by atomic mass is 16.5. The highest BCUT2D eigenvalue weighted by Gasteiger charge is 2.30. The van der Waals surface area contributed by atoms with E-state index in [4.69, 9.17) is 9.47 Å². The molecular weight excluding hydrogens is 260 g/mol. The van der Waals surface area contributed by atoms with E-state index < -0.39 is 6.04 Å². The standard InChI is InChI=1S/C14H18N2O4/c1-19-5-6-20-9-10-3-2-4-11(7-10)15-12-8-13(17)16-14(12)18/h2-4,7,12,15H,5-6,8-9H2,1H3,(H,16,17,18). The largest absolute Gasteiger partial charge is 0.382 e. The van der Waals surface area contributed by atoms with Crippen molar-refractivity contribution < 1.29 is 19.1 Å². The Balaban J connectivity index is 1.89. The summed E-state index contributed by atoms with van der Waals surface area (Å²) in [7, 11) is 1.63. The van der Waals surface area contributed by atoms with Crippen molar-refractivity contribution in [2.45, 2.75) is 19.1 Å². The number of hydrogen-bond donors (Lipinski definition) is 2. The van der Waals surface area contributed by atoms with Gasteiger partial charge in [0.15, 0.2) is 0 Å². The third kappa shape index (κ3) is 4.04. The molecule has 1 aliphatic heterocycles. The summed E-state index contributed by atoms with van der Waals surface area (Å²) in [6.07, 6.45) is 0.174. The summed E-state index contributed by atoms with van der Waals surface area (Å²) in [4.78, 5) is 22.6. The van der Waals surface area contributed by atoms with E-state index in [0.29, 0.717) is 19.8 Å². The van der Waals surface area contributed by atoms with Gasteiger partial charge in [0.05, 0.1) is 26.2 Å². The lowest BCUT2D eigenvalue weighted by molar-refractivity contribution is -0.124. The molecule has 1 fully saturated rings. The van der Waals surface area contributed by atoms with E-state index in [2.05, 4.69) is 10.6 Å². The van der Waals surface area contributed by atoms with Crippen LogP contribution in [0.4, 0.5) is 5.69 Å². The first-order valence-electron chi connectivity index (χ1n) is 6.45. The fourth-order valence-electron chi connectivity index (χ4n) is 1.95. The molecule has 1 saturated heterocycles. The van der Waals surface area contributed by atoms with Crippen molar-refractivity contribution in [1.29, 1.82) is 0 Å². The highest BCUT2D eigenvalue weighted by molar-refractivity contribution is 6.06. The van der Waals surface area contributed by atoms with Crippen LogP contribution in [0.3, 0.4) is 0 Å². The third-order valence-electron chi connectivity index (χ3n) is 2.94. The quantitative estimate of drug-likeness (QED) is 0.566. The van der Waals surface area contributed by atoms with E-state index in [1.807, 2.05) is 24.3 Å². The zero-order valence-electron chi connectivity index (χ0n) is 11.3. The van der Waals surface area contributed by atoms with Crippen LogP contribution in [0, 0.1) is 0 Å². The predicted octanol–water partition coefficient (Wildman–Crippen LogP) is 0.677. The fraction of sp³-hybridized carbons (Fsp3) is 0.429. The molecule has 1 aromatic carbocycles. The zero-order chi connectivity index (χ0) is 14.4. The minimum atomic E-state index is -0.493. The van der Waals surface area contributed by atoms with Gasteiger partial charge in [0.25, 0.3) is 0 Å². The van der Waals surface area contributed by atoms with E-state index in [-0.39, 0.29) is 18.2 Å². The van der Waals surface area contributed by atoms with Crippen LogP contribution in [-0.4, -0.2) is 38.2 Å². The van der Waals surface area contributed by atoms with Gasteiger partial charge in [-0.05, 0) is 17.7 Å². The number of hydrogen-bond acceptors (Lipinski definition) is 5. The Labute approximate surface area is 117 Å². The average molecular weight is 278 g/mol. The number of imide groups is 1. The summed E-state index contributed by atoms with van der Waals surface area (Å²) >= 11 is 0. The Morgan fingerprint density at radius 2 is 2.20 bits per heavy atom. The van der Waals surface area contributed by atoms with Crippen LogP contribution in [0.25, 0.3) is 0 Å². The van der Waals surface area contributed by atoms with Gasteiger partial charge in [-0.25, -0.2) is 0 Å². The number of nitrogens with one attached hydrogen (secondary N) is 2. The fourth-order valence-corrected chi connectivity index (χ4v) is 1.95. The Hall–Kier alpha value is -1.92. The topological polar surface area (TPSA) is 76.7 Å². The molecule has 0 radical (unpaired) electrons. The van der Waals surface area contributed by atoms with Crippen LogP contribution in [-0.2, 0) is 25.7 Å². The van der Waals surface area contributed by atoms with Crippen LogP contribution in [0.1, 0.15) is 12.0 Å². The summed E-state index contributed by atoms with van der Waals surface area (Å²) in [6, 6.07) is 7.09. The lowest BCUT2D eigenvalue weighted by Gasteiger charge is -2.12. The van der Waals surface area contributed by atoms with E-state index >= 15 is 0 Å². The summed E-state index contributed by atoms with van der Waals surface area (Å²) in [5.41, 5.74) is 1.79. The highest BCUT2D eigenvalue weighted by Crippen LogP contribution is 2.15. The molecule has 1 atom stereocenters. The Morgan fingerprint density at radius 3 is 2.90 bits per heavy atom. The summed E-state index contributed by atoms with van der Waals surface area (Å²) in [5, 5.41) is 5.32. The summed E-state index contributed by atoms with van der Waals surface area (Å²) < 4.78 is 10.3. The molecule has 1 aromatic rings. The van der Waals surface area contributed by atoms with E-state index in [1.54, 1.807) is 7.11 Å². The zero-order valence-corrected chi connectivity index (χ0v) is 11.3. The van der Waals surface area contributed by atoms with Gasteiger partial charge < -0.3 is 14.8 Å². The molecule has 6 nitrogen and oxygen atoms in total. The maximum atomic E-state index is 11.5. The van der Waals surface area contributed by atoms with Crippen LogP contribution in [0.2, 0.25) is 0 Å². The molecule has 20 heavy (non-hydrogen) atoms. The maximum Gasteiger partial charge on any atom is 0.249 e. The van der Waals surface area contributed by atoms with Crippen LogP contribution in [0.5, 0.6) is 0 Å². The number of amides is 2. The number of methoxy groups -OCH3 is 1. The first kappa shape index (κ1) is 14.5. The molecule has 0 saturated carbocycles. The molecule has 0 bridgehead atoms. The SMILES string of the molecule is COCCOCc1cccc(NC2CC(=O)NC2=O)c1. The summed E-state index contributed by atoms with van der Waals surface area (Å²) in [5.74, 6) is -0.525. The summed E-state index contributed by atoms with van der Waals surface area (Å²) in [6.45, 7) is 1.57. The number of ether oxygens (including phenoxy) is 2. The lowest BCUT2D eigenvalue weighted by atomic mass is 10.2. The number of carbonyl (C=O) groups excluding carboxylic acids is 2. The van der Waals surface area contributed by atoms with Crippen molar-refractivity contribution >= 4 is 17.5 Å². The molecule has 1 aliphatic rings. The minimum Gasteiger partial charge on any atom is -0.382 e. The first-order valence-corrected chi connectivity index (χ1v) is 6.45. The second-order valence-corrected chi connectivity index (χ2v) is 4.56. The van der Waals surface area contributed by atoms with Crippen molar-refractivity contribution in [1.82, 2.24) is 5.32 Å². The molecule has 0 aliphatic carbocycles.